The standard InChI is InChI=1S/C24H32N4O4S/c1-17-16-33-24(25-17)28-8-4-7-26(11-12-28)22(29)18-5-9-27(10-6-18)23(30)19-13-20(31-2)15-21(14-19)32-3/h13-16,18H,4-12H2,1-3H3. The molecule has 0 atom stereocenters. The first-order valence-corrected chi connectivity index (χ1v) is 12.3. The summed E-state index contributed by atoms with van der Waals surface area (Å²) in [5.74, 6) is 1.32. The third-order valence-corrected chi connectivity index (χ3v) is 7.43. The molecule has 0 radical (unpaired) electrons. The average molecular weight is 473 g/mol. The molecule has 178 valence electrons. The molecule has 33 heavy (non-hydrogen) atoms. The van der Waals surface area contributed by atoms with E-state index in [0.29, 0.717) is 43.0 Å². The van der Waals surface area contributed by atoms with Crippen molar-refractivity contribution in [3.63, 3.8) is 0 Å². The highest BCUT2D eigenvalue weighted by Crippen LogP contribution is 2.27. The van der Waals surface area contributed by atoms with E-state index in [4.69, 9.17) is 9.47 Å². The molecule has 0 spiro atoms. The average Bonchev–Trinajstić information content (AvgIpc) is 3.14. The minimum absolute atomic E-state index is 0.0254. The van der Waals surface area contributed by atoms with Crippen LogP contribution in [0.2, 0.25) is 0 Å². The molecule has 0 saturated carbocycles. The summed E-state index contributed by atoms with van der Waals surface area (Å²) < 4.78 is 10.6. The number of hydrogen-bond donors (Lipinski definition) is 0. The molecule has 2 saturated heterocycles. The van der Waals surface area contributed by atoms with Gasteiger partial charge in [-0.1, -0.05) is 0 Å². The third-order valence-electron chi connectivity index (χ3n) is 6.41. The van der Waals surface area contributed by atoms with E-state index in [1.165, 1.54) is 0 Å². The molecule has 2 aliphatic rings. The van der Waals surface area contributed by atoms with E-state index in [1.807, 2.05) is 16.7 Å². The van der Waals surface area contributed by atoms with E-state index in [9.17, 15) is 9.59 Å². The van der Waals surface area contributed by atoms with Gasteiger partial charge < -0.3 is 24.2 Å². The van der Waals surface area contributed by atoms with Gasteiger partial charge in [0.25, 0.3) is 5.91 Å². The first-order valence-electron chi connectivity index (χ1n) is 11.5. The number of rotatable bonds is 5. The Morgan fingerprint density at radius 3 is 2.24 bits per heavy atom. The highest BCUT2D eigenvalue weighted by Gasteiger charge is 2.31. The second kappa shape index (κ2) is 10.4. The van der Waals surface area contributed by atoms with Crippen molar-refractivity contribution in [3.05, 3.63) is 34.8 Å². The highest BCUT2D eigenvalue weighted by atomic mass is 32.1. The van der Waals surface area contributed by atoms with Crippen LogP contribution >= 0.6 is 11.3 Å². The number of benzene rings is 1. The molecule has 0 unspecified atom stereocenters. The normalized spacial score (nSPS) is 17.6. The summed E-state index contributed by atoms with van der Waals surface area (Å²) in [7, 11) is 3.14. The number of methoxy groups -OCH3 is 2. The summed E-state index contributed by atoms with van der Waals surface area (Å²) in [5, 5.41) is 3.11. The smallest absolute Gasteiger partial charge is 0.254 e. The van der Waals surface area contributed by atoms with Gasteiger partial charge >= 0.3 is 0 Å². The van der Waals surface area contributed by atoms with Crippen LogP contribution in [0.15, 0.2) is 23.6 Å². The van der Waals surface area contributed by atoms with Crippen molar-refractivity contribution in [3.8, 4) is 11.5 Å². The topological polar surface area (TPSA) is 75.2 Å². The Kier molecular flexibility index (Phi) is 7.37. The minimum atomic E-state index is -0.0535. The van der Waals surface area contributed by atoms with Gasteiger partial charge in [0.05, 0.1) is 19.9 Å². The van der Waals surface area contributed by atoms with Crippen molar-refractivity contribution in [2.24, 2.45) is 5.92 Å². The molecule has 4 rings (SSSR count). The van der Waals surface area contributed by atoms with E-state index < -0.39 is 0 Å². The number of ether oxygens (including phenoxy) is 2. The van der Waals surface area contributed by atoms with E-state index in [1.54, 1.807) is 43.8 Å². The number of carbonyl (C=O) groups excluding carboxylic acids is 2. The Balaban J connectivity index is 1.32. The molecule has 2 fully saturated rings. The molecular formula is C24H32N4O4S. The Morgan fingerprint density at radius 2 is 1.64 bits per heavy atom. The number of piperidine rings is 1. The summed E-state index contributed by atoms with van der Waals surface area (Å²) in [6.45, 7) is 6.40. The predicted molar refractivity (Wildman–Crippen MR) is 128 cm³/mol. The second-order valence-corrected chi connectivity index (χ2v) is 9.44. The summed E-state index contributed by atoms with van der Waals surface area (Å²) in [6.07, 6.45) is 2.33. The van der Waals surface area contributed by atoms with Crippen LogP contribution in [0, 0.1) is 12.8 Å². The molecule has 2 amide bonds. The van der Waals surface area contributed by atoms with Crippen LogP contribution in [0.5, 0.6) is 11.5 Å². The summed E-state index contributed by atoms with van der Waals surface area (Å²) in [5.41, 5.74) is 1.59. The van der Waals surface area contributed by atoms with Gasteiger partial charge in [0.1, 0.15) is 11.5 Å². The summed E-state index contributed by atoms with van der Waals surface area (Å²) in [6, 6.07) is 5.21. The van der Waals surface area contributed by atoms with Gasteiger partial charge in [-0.2, -0.15) is 0 Å². The SMILES string of the molecule is COc1cc(OC)cc(C(=O)N2CCC(C(=O)N3CCCN(c4nc(C)cs4)CC3)CC2)c1. The quantitative estimate of drug-likeness (QED) is 0.666. The van der Waals surface area contributed by atoms with Gasteiger partial charge in [-0.3, -0.25) is 9.59 Å². The van der Waals surface area contributed by atoms with Crippen LogP contribution in [0.4, 0.5) is 5.13 Å². The number of likely N-dealkylation sites (tertiary alicyclic amines) is 1. The van der Waals surface area contributed by atoms with Crippen molar-refractivity contribution >= 4 is 28.3 Å². The van der Waals surface area contributed by atoms with Crippen LogP contribution in [0.3, 0.4) is 0 Å². The van der Waals surface area contributed by atoms with Crippen molar-refractivity contribution < 1.29 is 19.1 Å². The second-order valence-electron chi connectivity index (χ2n) is 8.61. The molecule has 8 nitrogen and oxygen atoms in total. The highest BCUT2D eigenvalue weighted by molar-refractivity contribution is 7.13. The zero-order valence-electron chi connectivity index (χ0n) is 19.6. The summed E-state index contributed by atoms with van der Waals surface area (Å²) in [4.78, 5) is 37.0. The first-order chi connectivity index (χ1) is 16.0. The lowest BCUT2D eigenvalue weighted by Gasteiger charge is -2.34. The van der Waals surface area contributed by atoms with Gasteiger partial charge in [0, 0.05) is 62.2 Å². The van der Waals surface area contributed by atoms with Gasteiger partial charge in [0.15, 0.2) is 5.13 Å². The lowest BCUT2D eigenvalue weighted by atomic mass is 9.94. The number of thiazole rings is 1. The number of nitrogens with zero attached hydrogens (tertiary/aromatic N) is 4. The maximum atomic E-state index is 13.2. The zero-order valence-corrected chi connectivity index (χ0v) is 20.4. The number of aryl methyl sites for hydroxylation is 1. The fraction of sp³-hybridized carbons (Fsp3) is 0.542. The molecular weight excluding hydrogens is 440 g/mol. The fourth-order valence-electron chi connectivity index (χ4n) is 4.52. The van der Waals surface area contributed by atoms with Crippen LogP contribution in [-0.4, -0.2) is 80.1 Å². The lowest BCUT2D eigenvalue weighted by Crippen LogP contribution is -2.45. The Hall–Kier alpha value is -2.81. The van der Waals surface area contributed by atoms with Crippen molar-refractivity contribution in [2.75, 3.05) is 58.4 Å². The Bertz CT molecular complexity index is 964. The van der Waals surface area contributed by atoms with E-state index in [0.717, 1.165) is 43.4 Å². The third kappa shape index (κ3) is 5.40. The molecule has 9 heteroatoms. The first kappa shape index (κ1) is 23.4. The van der Waals surface area contributed by atoms with Crippen LogP contribution < -0.4 is 14.4 Å². The molecule has 2 aromatic rings. The molecule has 1 aromatic carbocycles. The van der Waals surface area contributed by atoms with Gasteiger partial charge in [-0.05, 0) is 38.3 Å². The van der Waals surface area contributed by atoms with Crippen molar-refractivity contribution in [2.45, 2.75) is 26.2 Å². The Labute approximate surface area is 199 Å². The zero-order chi connectivity index (χ0) is 23.4. The van der Waals surface area contributed by atoms with E-state index in [-0.39, 0.29) is 17.7 Å². The monoisotopic (exact) mass is 472 g/mol. The lowest BCUT2D eigenvalue weighted by molar-refractivity contribution is -0.136. The number of anilines is 1. The molecule has 3 heterocycles. The number of carbonyl (C=O) groups is 2. The summed E-state index contributed by atoms with van der Waals surface area (Å²) >= 11 is 1.67. The van der Waals surface area contributed by atoms with Crippen LogP contribution in [-0.2, 0) is 4.79 Å². The fourth-order valence-corrected chi connectivity index (χ4v) is 5.37. The van der Waals surface area contributed by atoms with Gasteiger partial charge in [-0.25, -0.2) is 4.98 Å². The number of aromatic nitrogens is 1. The molecule has 0 bridgehead atoms. The van der Waals surface area contributed by atoms with Gasteiger partial charge in [0.2, 0.25) is 5.91 Å². The number of hydrogen-bond acceptors (Lipinski definition) is 7. The minimum Gasteiger partial charge on any atom is -0.497 e. The maximum absolute atomic E-state index is 13.2. The molecule has 0 aliphatic carbocycles. The number of amides is 2. The van der Waals surface area contributed by atoms with Crippen molar-refractivity contribution in [1.82, 2.24) is 14.8 Å². The van der Waals surface area contributed by atoms with Crippen LogP contribution in [0.1, 0.15) is 35.3 Å². The predicted octanol–water partition coefficient (Wildman–Crippen LogP) is 3.06. The van der Waals surface area contributed by atoms with E-state index in [2.05, 4.69) is 15.3 Å². The van der Waals surface area contributed by atoms with E-state index >= 15 is 0 Å². The molecule has 2 aliphatic heterocycles. The maximum Gasteiger partial charge on any atom is 0.254 e. The molecule has 1 aromatic heterocycles. The van der Waals surface area contributed by atoms with Crippen molar-refractivity contribution in [1.29, 1.82) is 0 Å². The molecule has 0 N–H and O–H groups in total. The largest absolute Gasteiger partial charge is 0.497 e. The van der Waals surface area contributed by atoms with Gasteiger partial charge in [-0.15, -0.1) is 11.3 Å². The Morgan fingerprint density at radius 1 is 0.939 bits per heavy atom. The van der Waals surface area contributed by atoms with Crippen LogP contribution in [0.25, 0.3) is 0 Å².